The standard InChI is InChI=1S/C52H34N2O3/c1-3-15-35(16-4-1)53(37-23-25-48-42(29-37)40-19-9-11-21-46(40)55-48)39-31-45(52-44-27-33-13-7-8-14-34(33)28-50(44)57-51(52)32-39)54(36-17-5-2-6-18-36)38-24-26-49-43(30-38)41-20-10-12-22-47(41)56-49/h1-22,24,26-32H,23,25H2. The van der Waals surface area contributed by atoms with Crippen LogP contribution in [0.15, 0.2) is 195 Å². The second-order valence-corrected chi connectivity index (χ2v) is 14.8. The van der Waals surface area contributed by atoms with Crippen LogP contribution in [0.3, 0.4) is 0 Å². The van der Waals surface area contributed by atoms with Gasteiger partial charge in [0.1, 0.15) is 33.7 Å². The first-order valence-electron chi connectivity index (χ1n) is 19.5. The summed E-state index contributed by atoms with van der Waals surface area (Å²) in [5.74, 6) is 1.03. The highest BCUT2D eigenvalue weighted by molar-refractivity contribution is 6.18. The van der Waals surface area contributed by atoms with Crippen molar-refractivity contribution < 1.29 is 13.3 Å². The number of anilines is 5. The fourth-order valence-electron chi connectivity index (χ4n) is 8.89. The van der Waals surface area contributed by atoms with E-state index in [-0.39, 0.29) is 0 Å². The number of para-hydroxylation sites is 4. The number of hydrogen-bond donors (Lipinski definition) is 0. The molecule has 0 bridgehead atoms. The summed E-state index contributed by atoms with van der Waals surface area (Å²) >= 11 is 0. The number of furan rings is 3. The Bertz CT molecular complexity index is 3370. The summed E-state index contributed by atoms with van der Waals surface area (Å²) in [4.78, 5) is 4.77. The molecular weight excluding hydrogens is 701 g/mol. The van der Waals surface area contributed by atoms with Crippen LogP contribution in [-0.2, 0) is 6.42 Å². The van der Waals surface area contributed by atoms with Gasteiger partial charge in [-0.3, -0.25) is 0 Å². The molecule has 57 heavy (non-hydrogen) atoms. The highest BCUT2D eigenvalue weighted by Gasteiger charge is 2.27. The number of hydrogen-bond acceptors (Lipinski definition) is 5. The van der Waals surface area contributed by atoms with Crippen LogP contribution in [0.1, 0.15) is 17.7 Å². The number of fused-ring (bicyclic) bond motifs is 10. The maximum absolute atomic E-state index is 6.95. The lowest BCUT2D eigenvalue weighted by atomic mass is 9.98. The van der Waals surface area contributed by atoms with E-state index in [1.807, 2.05) is 18.2 Å². The Morgan fingerprint density at radius 2 is 1.00 bits per heavy atom. The van der Waals surface area contributed by atoms with Crippen molar-refractivity contribution in [2.75, 3.05) is 9.80 Å². The molecule has 0 N–H and O–H groups in total. The summed E-state index contributed by atoms with van der Waals surface area (Å²) in [5.41, 5.74) is 11.8. The van der Waals surface area contributed by atoms with Gasteiger partial charge in [0, 0.05) is 62.4 Å². The summed E-state index contributed by atoms with van der Waals surface area (Å²) in [6.07, 6.45) is 3.94. The zero-order chi connectivity index (χ0) is 37.5. The van der Waals surface area contributed by atoms with Gasteiger partial charge >= 0.3 is 0 Å². The van der Waals surface area contributed by atoms with Gasteiger partial charge in [0.05, 0.1) is 16.8 Å². The molecule has 1 aliphatic carbocycles. The van der Waals surface area contributed by atoms with E-state index in [2.05, 4.69) is 174 Å². The van der Waals surface area contributed by atoms with Crippen LogP contribution in [0.25, 0.3) is 71.7 Å². The van der Waals surface area contributed by atoms with Crippen LogP contribution in [0, 0.1) is 0 Å². The molecule has 0 spiro atoms. The highest BCUT2D eigenvalue weighted by atomic mass is 16.3. The van der Waals surface area contributed by atoms with E-state index in [1.165, 1.54) is 11.1 Å². The number of benzene rings is 8. The van der Waals surface area contributed by atoms with Crippen molar-refractivity contribution in [1.29, 1.82) is 0 Å². The number of allylic oxidation sites excluding steroid dienone is 1. The van der Waals surface area contributed by atoms with Crippen LogP contribution in [0.2, 0.25) is 0 Å². The topological polar surface area (TPSA) is 45.9 Å². The lowest BCUT2D eigenvalue weighted by Crippen LogP contribution is -2.19. The van der Waals surface area contributed by atoms with Crippen molar-refractivity contribution in [3.8, 4) is 0 Å². The summed E-state index contributed by atoms with van der Waals surface area (Å²) in [5, 5.41) is 7.72. The molecule has 0 atom stereocenters. The molecule has 0 amide bonds. The van der Waals surface area contributed by atoms with Crippen LogP contribution >= 0.6 is 0 Å². The lowest BCUT2D eigenvalue weighted by molar-refractivity contribution is 0.542. The molecule has 5 heteroatoms. The SMILES string of the molecule is C1=C(N(c2ccccc2)c2cc(N(c3ccccc3)c3ccc4oc5ccccc5c4c3)c3c(c2)oc2cc4ccccc4cc23)CCc2oc3ccccc3c21. The molecule has 3 aromatic heterocycles. The molecule has 3 heterocycles. The van der Waals surface area contributed by atoms with E-state index in [1.54, 1.807) is 0 Å². The summed E-state index contributed by atoms with van der Waals surface area (Å²) < 4.78 is 19.6. The van der Waals surface area contributed by atoms with Gasteiger partial charge in [-0.15, -0.1) is 0 Å². The number of aryl methyl sites for hydroxylation is 1. The molecule has 0 saturated heterocycles. The van der Waals surface area contributed by atoms with Crippen molar-refractivity contribution in [1.82, 2.24) is 0 Å². The van der Waals surface area contributed by atoms with Gasteiger partial charge in [-0.05, 0) is 96.1 Å². The van der Waals surface area contributed by atoms with E-state index in [4.69, 9.17) is 13.3 Å². The summed E-state index contributed by atoms with van der Waals surface area (Å²) in [6.45, 7) is 0. The summed E-state index contributed by atoms with van der Waals surface area (Å²) in [7, 11) is 0. The average Bonchev–Trinajstić information content (AvgIpc) is 3.94. The quantitative estimate of drug-likeness (QED) is 0.170. The van der Waals surface area contributed by atoms with Crippen molar-refractivity contribution >= 4 is 100 Å². The third-order valence-corrected chi connectivity index (χ3v) is 11.5. The van der Waals surface area contributed by atoms with Gasteiger partial charge in [-0.25, -0.2) is 0 Å². The number of rotatable bonds is 6. The Hall–Kier alpha value is -7.50. The molecule has 270 valence electrons. The Kier molecular flexibility index (Phi) is 6.99. The van der Waals surface area contributed by atoms with Gasteiger partial charge < -0.3 is 23.1 Å². The Morgan fingerprint density at radius 1 is 0.368 bits per heavy atom. The van der Waals surface area contributed by atoms with Gasteiger partial charge in [0.15, 0.2) is 0 Å². The zero-order valence-corrected chi connectivity index (χ0v) is 30.9. The smallest absolute Gasteiger partial charge is 0.139 e. The summed E-state index contributed by atoms with van der Waals surface area (Å²) in [6, 6.07) is 61.9. The minimum Gasteiger partial charge on any atom is -0.460 e. The molecule has 0 unspecified atom stereocenters. The molecule has 0 fully saturated rings. The first-order valence-corrected chi connectivity index (χ1v) is 19.5. The van der Waals surface area contributed by atoms with Crippen LogP contribution in [0.5, 0.6) is 0 Å². The first kappa shape index (κ1) is 31.8. The van der Waals surface area contributed by atoms with E-state index < -0.39 is 0 Å². The van der Waals surface area contributed by atoms with Crippen LogP contribution in [0.4, 0.5) is 28.4 Å². The van der Waals surface area contributed by atoms with Gasteiger partial charge in [-0.2, -0.15) is 0 Å². The molecule has 12 rings (SSSR count). The van der Waals surface area contributed by atoms with Gasteiger partial charge in [-0.1, -0.05) is 97.1 Å². The predicted molar refractivity (Wildman–Crippen MR) is 234 cm³/mol. The maximum atomic E-state index is 6.95. The largest absolute Gasteiger partial charge is 0.460 e. The predicted octanol–water partition coefficient (Wildman–Crippen LogP) is 15.0. The van der Waals surface area contributed by atoms with Crippen molar-refractivity contribution in [3.05, 3.63) is 193 Å². The van der Waals surface area contributed by atoms with Crippen molar-refractivity contribution in [2.45, 2.75) is 12.8 Å². The average molecular weight is 735 g/mol. The molecule has 0 aliphatic heterocycles. The second-order valence-electron chi connectivity index (χ2n) is 14.8. The normalized spacial score (nSPS) is 12.9. The Morgan fingerprint density at radius 3 is 1.79 bits per heavy atom. The van der Waals surface area contributed by atoms with Crippen LogP contribution in [-0.4, -0.2) is 0 Å². The van der Waals surface area contributed by atoms with Gasteiger partial charge in [0.25, 0.3) is 0 Å². The minimum atomic E-state index is 0.806. The Labute approximate surface area is 327 Å². The lowest BCUT2D eigenvalue weighted by Gasteiger charge is -2.32. The zero-order valence-electron chi connectivity index (χ0n) is 30.9. The monoisotopic (exact) mass is 734 g/mol. The third-order valence-electron chi connectivity index (χ3n) is 11.5. The molecular formula is C52H34N2O3. The third kappa shape index (κ3) is 5.09. The van der Waals surface area contributed by atoms with E-state index >= 15 is 0 Å². The Balaban J connectivity index is 1.16. The maximum Gasteiger partial charge on any atom is 0.139 e. The van der Waals surface area contributed by atoms with E-state index in [9.17, 15) is 0 Å². The molecule has 1 aliphatic rings. The molecule has 0 saturated carbocycles. The van der Waals surface area contributed by atoms with E-state index in [0.29, 0.717) is 0 Å². The van der Waals surface area contributed by atoms with Crippen molar-refractivity contribution in [2.24, 2.45) is 0 Å². The van der Waals surface area contributed by atoms with Crippen LogP contribution < -0.4 is 9.80 Å². The van der Waals surface area contributed by atoms with E-state index in [0.717, 1.165) is 113 Å². The first-order chi connectivity index (χ1) is 28.2. The number of nitrogens with zero attached hydrogens (tertiary/aromatic N) is 2. The molecule has 11 aromatic rings. The minimum absolute atomic E-state index is 0.806. The fraction of sp³-hybridized carbons (Fsp3) is 0.0385. The molecule has 0 radical (unpaired) electrons. The van der Waals surface area contributed by atoms with Gasteiger partial charge in [0.2, 0.25) is 0 Å². The van der Waals surface area contributed by atoms with Crippen molar-refractivity contribution in [3.63, 3.8) is 0 Å². The fourth-order valence-corrected chi connectivity index (χ4v) is 8.89. The molecule has 5 nitrogen and oxygen atoms in total. The highest BCUT2D eigenvalue weighted by Crippen LogP contribution is 2.49. The molecule has 8 aromatic carbocycles. The second kappa shape index (κ2) is 12.5.